The highest BCUT2D eigenvalue weighted by molar-refractivity contribution is 5.95. The molecule has 33 heavy (non-hydrogen) atoms. The van der Waals surface area contributed by atoms with Gasteiger partial charge in [-0.1, -0.05) is 39.8 Å². The third-order valence-electron chi connectivity index (χ3n) is 7.17. The van der Waals surface area contributed by atoms with Crippen molar-refractivity contribution in [3.05, 3.63) is 59.3 Å². The fourth-order valence-corrected chi connectivity index (χ4v) is 4.99. The molecule has 2 heterocycles. The van der Waals surface area contributed by atoms with Crippen LogP contribution in [0.4, 0.5) is 0 Å². The molecule has 5 nitrogen and oxygen atoms in total. The smallest absolute Gasteiger partial charge is 0.231 e. The number of hydrogen-bond acceptors (Lipinski definition) is 4. The molecule has 1 saturated carbocycles. The van der Waals surface area contributed by atoms with E-state index in [1.807, 2.05) is 25.1 Å². The zero-order chi connectivity index (χ0) is 23.4. The Morgan fingerprint density at radius 2 is 1.85 bits per heavy atom. The first kappa shape index (κ1) is 22.0. The van der Waals surface area contributed by atoms with Crippen LogP contribution < -0.4 is 9.47 Å². The number of benzene rings is 2. The number of rotatable bonds is 7. The van der Waals surface area contributed by atoms with Gasteiger partial charge in [0.2, 0.25) is 6.79 Å². The van der Waals surface area contributed by atoms with E-state index in [4.69, 9.17) is 9.47 Å². The van der Waals surface area contributed by atoms with Gasteiger partial charge in [0.05, 0.1) is 11.5 Å². The topological polar surface area (TPSA) is 60.7 Å². The molecule has 5 heteroatoms. The summed E-state index contributed by atoms with van der Waals surface area (Å²) in [5.74, 6) is 1.75. The van der Waals surface area contributed by atoms with E-state index >= 15 is 0 Å². The van der Waals surface area contributed by atoms with Crippen molar-refractivity contribution in [2.75, 3.05) is 6.79 Å². The lowest BCUT2D eigenvalue weighted by Gasteiger charge is -2.23. The van der Waals surface area contributed by atoms with Crippen LogP contribution in [0.25, 0.3) is 10.9 Å². The highest BCUT2D eigenvalue weighted by atomic mass is 16.7. The van der Waals surface area contributed by atoms with Gasteiger partial charge in [-0.3, -0.25) is 4.79 Å². The number of nitrogens with zero attached hydrogens (tertiary/aromatic N) is 1. The molecule has 2 aliphatic rings. The van der Waals surface area contributed by atoms with E-state index in [1.54, 1.807) is 0 Å². The van der Waals surface area contributed by atoms with Crippen LogP contribution in [0.5, 0.6) is 11.5 Å². The maximum Gasteiger partial charge on any atom is 0.231 e. The molecule has 174 valence electrons. The van der Waals surface area contributed by atoms with E-state index in [2.05, 4.69) is 49.6 Å². The molecule has 2 aromatic carbocycles. The molecule has 1 fully saturated rings. The summed E-state index contributed by atoms with van der Waals surface area (Å²) in [5.41, 5.74) is 3.94. The lowest BCUT2D eigenvalue weighted by atomic mass is 9.87. The number of aliphatic hydroxyl groups excluding tert-OH is 1. The molecule has 0 amide bonds. The molecule has 1 aliphatic heterocycles. The number of hydrogen-bond donors (Lipinski definition) is 1. The second-order valence-electron chi connectivity index (χ2n) is 10.6. The average Bonchev–Trinajstić information content (AvgIpc) is 3.32. The molecule has 3 aromatic rings. The minimum absolute atomic E-state index is 0.0418. The Labute approximate surface area is 195 Å². The number of aromatic nitrogens is 1. The number of aliphatic hydroxyl groups is 1. The number of Topliss-reactive ketones (excluding diaryl/α,β-unsaturated/α-hetero) is 1. The van der Waals surface area contributed by atoms with Crippen molar-refractivity contribution in [1.82, 2.24) is 4.57 Å². The molecule has 0 unspecified atom stereocenters. The third-order valence-corrected chi connectivity index (χ3v) is 7.17. The van der Waals surface area contributed by atoms with Crippen molar-refractivity contribution in [3.8, 4) is 11.5 Å². The van der Waals surface area contributed by atoms with Crippen molar-refractivity contribution in [1.29, 1.82) is 0 Å². The summed E-state index contributed by atoms with van der Waals surface area (Å²) in [6.45, 7) is 9.42. The first-order valence-electron chi connectivity index (χ1n) is 12.0. The lowest BCUT2D eigenvalue weighted by Crippen LogP contribution is -2.23. The van der Waals surface area contributed by atoms with E-state index < -0.39 is 5.41 Å². The van der Waals surface area contributed by atoms with E-state index in [1.165, 1.54) is 5.69 Å². The molecular weight excluding hydrogens is 414 g/mol. The van der Waals surface area contributed by atoms with Gasteiger partial charge in [0, 0.05) is 35.0 Å². The van der Waals surface area contributed by atoms with Gasteiger partial charge in [-0.25, -0.2) is 0 Å². The Balaban J connectivity index is 1.43. The molecule has 1 atom stereocenters. The molecule has 0 saturated heterocycles. The summed E-state index contributed by atoms with van der Waals surface area (Å²) >= 11 is 0. The van der Waals surface area contributed by atoms with Crippen molar-refractivity contribution >= 4 is 16.7 Å². The Morgan fingerprint density at radius 3 is 2.55 bits per heavy atom. The molecule has 1 aliphatic carbocycles. The number of fused-ring (bicyclic) bond motifs is 2. The van der Waals surface area contributed by atoms with E-state index in [-0.39, 0.29) is 24.1 Å². The maximum absolute atomic E-state index is 13.4. The van der Waals surface area contributed by atoms with Crippen LogP contribution in [0.2, 0.25) is 0 Å². The molecule has 1 N–H and O–H groups in total. The predicted octanol–water partition coefficient (Wildman–Crippen LogP) is 5.28. The highest BCUT2D eigenvalue weighted by Gasteiger charge is 2.50. The SMILES string of the molecule is CC[C@H](O)Cn1c(C(C)(C)C)cc2cc(CC(=O)C3(c4ccc5c(c4)OCO5)CC3)ccc21. The van der Waals surface area contributed by atoms with Gasteiger partial charge in [0.25, 0.3) is 0 Å². The third kappa shape index (κ3) is 3.93. The number of ether oxygens (including phenoxy) is 2. The summed E-state index contributed by atoms with van der Waals surface area (Å²) in [5, 5.41) is 11.5. The summed E-state index contributed by atoms with van der Waals surface area (Å²) in [6.07, 6.45) is 2.52. The minimum atomic E-state index is -0.399. The van der Waals surface area contributed by atoms with Gasteiger partial charge in [0.1, 0.15) is 5.78 Å². The Bertz CT molecular complexity index is 1210. The standard InChI is InChI=1S/C28H33NO4/c1-5-21(30)16-29-22-8-6-18(12-19(22)14-25(29)27(2,3)4)13-26(31)28(10-11-28)20-7-9-23-24(15-20)33-17-32-23/h6-9,12,14-15,21,30H,5,10-11,13,16-17H2,1-4H3/t21-/m0/s1. The molecule has 0 spiro atoms. The van der Waals surface area contributed by atoms with Crippen LogP contribution >= 0.6 is 0 Å². The second-order valence-corrected chi connectivity index (χ2v) is 10.6. The Kier molecular flexibility index (Phi) is 5.28. The zero-order valence-corrected chi connectivity index (χ0v) is 20.0. The van der Waals surface area contributed by atoms with E-state index in [0.29, 0.717) is 13.0 Å². The van der Waals surface area contributed by atoms with Crippen molar-refractivity contribution in [3.63, 3.8) is 0 Å². The predicted molar refractivity (Wildman–Crippen MR) is 129 cm³/mol. The first-order chi connectivity index (χ1) is 15.7. The molecular formula is C28H33NO4. The second kappa shape index (κ2) is 7.91. The monoisotopic (exact) mass is 447 g/mol. The lowest BCUT2D eigenvalue weighted by molar-refractivity contribution is -0.120. The van der Waals surface area contributed by atoms with Gasteiger partial charge in [-0.2, -0.15) is 0 Å². The van der Waals surface area contributed by atoms with Crippen LogP contribution in [0, 0.1) is 0 Å². The average molecular weight is 448 g/mol. The normalized spacial score (nSPS) is 17.4. The van der Waals surface area contributed by atoms with Crippen molar-refractivity contribution < 1.29 is 19.4 Å². The highest BCUT2D eigenvalue weighted by Crippen LogP contribution is 2.51. The number of carbonyl (C=O) groups excluding carboxylic acids is 1. The minimum Gasteiger partial charge on any atom is -0.454 e. The van der Waals surface area contributed by atoms with Crippen molar-refractivity contribution in [2.24, 2.45) is 0 Å². The number of ketones is 1. The Hall–Kier alpha value is -2.79. The molecule has 1 aromatic heterocycles. The van der Waals surface area contributed by atoms with E-state index in [9.17, 15) is 9.90 Å². The Morgan fingerprint density at radius 1 is 1.09 bits per heavy atom. The summed E-state index contributed by atoms with van der Waals surface area (Å²) in [6, 6.07) is 14.4. The maximum atomic E-state index is 13.4. The summed E-state index contributed by atoms with van der Waals surface area (Å²) in [4.78, 5) is 13.4. The van der Waals surface area contributed by atoms with Crippen LogP contribution in [-0.4, -0.2) is 28.4 Å². The largest absolute Gasteiger partial charge is 0.454 e. The van der Waals surface area contributed by atoms with Crippen LogP contribution in [0.1, 0.15) is 63.8 Å². The van der Waals surface area contributed by atoms with Gasteiger partial charge < -0.3 is 19.1 Å². The van der Waals surface area contributed by atoms with Crippen molar-refractivity contribution in [2.45, 2.75) is 76.9 Å². The molecule has 5 rings (SSSR count). The van der Waals surface area contributed by atoms with Crippen LogP contribution in [0.3, 0.4) is 0 Å². The summed E-state index contributed by atoms with van der Waals surface area (Å²) in [7, 11) is 0. The molecule has 0 radical (unpaired) electrons. The first-order valence-corrected chi connectivity index (χ1v) is 12.0. The van der Waals surface area contributed by atoms with Crippen LogP contribution in [0.15, 0.2) is 42.5 Å². The summed E-state index contributed by atoms with van der Waals surface area (Å²) < 4.78 is 13.2. The van der Waals surface area contributed by atoms with Gasteiger partial charge >= 0.3 is 0 Å². The molecule has 0 bridgehead atoms. The zero-order valence-electron chi connectivity index (χ0n) is 20.0. The van der Waals surface area contributed by atoms with Gasteiger partial charge in [-0.15, -0.1) is 0 Å². The quantitative estimate of drug-likeness (QED) is 0.535. The fraction of sp³-hybridized carbons (Fsp3) is 0.464. The van der Waals surface area contributed by atoms with Crippen LogP contribution in [-0.2, 0) is 28.6 Å². The number of carbonyl (C=O) groups is 1. The fourth-order valence-electron chi connectivity index (χ4n) is 4.99. The van der Waals surface area contributed by atoms with E-state index in [0.717, 1.165) is 52.8 Å². The van der Waals surface area contributed by atoms with Gasteiger partial charge in [0.15, 0.2) is 11.5 Å². The van der Waals surface area contributed by atoms with Gasteiger partial charge in [-0.05, 0) is 60.7 Å².